The van der Waals surface area contributed by atoms with Crippen LogP contribution in [-0.4, -0.2) is 14.8 Å². The maximum atomic E-state index is 5.71. The summed E-state index contributed by atoms with van der Waals surface area (Å²) in [5.74, 6) is 0.982. The van der Waals surface area contributed by atoms with Gasteiger partial charge in [-0.2, -0.15) is 4.98 Å². The van der Waals surface area contributed by atoms with Crippen LogP contribution >= 0.6 is 11.3 Å². The van der Waals surface area contributed by atoms with Crippen molar-refractivity contribution in [1.82, 2.24) is 14.8 Å². The predicted octanol–water partition coefficient (Wildman–Crippen LogP) is 0.708. The van der Waals surface area contributed by atoms with Crippen LogP contribution in [0.1, 0.15) is 0 Å². The van der Waals surface area contributed by atoms with E-state index in [2.05, 4.69) is 10.1 Å². The molecule has 0 spiro atoms. The van der Waals surface area contributed by atoms with Gasteiger partial charge in [-0.15, -0.1) is 16.4 Å². The fourth-order valence-electron chi connectivity index (χ4n) is 0.994. The number of thiophene rings is 1. The summed E-state index contributed by atoms with van der Waals surface area (Å²) >= 11 is 1.51. The lowest BCUT2D eigenvalue weighted by atomic mass is 10.4. The number of anilines is 2. The first-order chi connectivity index (χ1) is 6.18. The summed E-state index contributed by atoms with van der Waals surface area (Å²) in [4.78, 5) is 4.94. The first kappa shape index (κ1) is 8.06. The van der Waals surface area contributed by atoms with E-state index in [1.165, 1.54) is 16.0 Å². The number of aryl methyl sites for hydroxylation is 1. The van der Waals surface area contributed by atoms with Gasteiger partial charge >= 0.3 is 0 Å². The molecule has 0 unspecified atom stereocenters. The lowest BCUT2D eigenvalue weighted by Gasteiger charge is -1.89. The van der Waals surface area contributed by atoms with Crippen molar-refractivity contribution in [2.24, 2.45) is 7.05 Å². The SMILES string of the molecule is Cn1nc(-c2sccc2N)nc1N. The molecule has 0 aromatic carbocycles. The summed E-state index contributed by atoms with van der Waals surface area (Å²) in [6, 6.07) is 1.83. The highest BCUT2D eigenvalue weighted by Gasteiger charge is 2.10. The Kier molecular flexibility index (Phi) is 1.70. The van der Waals surface area contributed by atoms with Crippen molar-refractivity contribution >= 4 is 23.0 Å². The molecule has 0 aliphatic heterocycles. The molecule has 6 heteroatoms. The fraction of sp³-hybridized carbons (Fsp3) is 0.143. The van der Waals surface area contributed by atoms with E-state index in [-0.39, 0.29) is 0 Å². The number of nitrogen functional groups attached to an aromatic ring is 2. The van der Waals surface area contributed by atoms with Crippen molar-refractivity contribution in [3.05, 3.63) is 11.4 Å². The van der Waals surface area contributed by atoms with Gasteiger partial charge in [0.1, 0.15) is 0 Å². The molecular weight excluding hydrogens is 186 g/mol. The molecule has 4 N–H and O–H groups in total. The van der Waals surface area contributed by atoms with Gasteiger partial charge in [-0.25, -0.2) is 4.68 Å². The maximum absolute atomic E-state index is 5.71. The second-order valence-corrected chi connectivity index (χ2v) is 3.54. The molecule has 0 saturated heterocycles. The van der Waals surface area contributed by atoms with Crippen molar-refractivity contribution in [3.8, 4) is 10.7 Å². The highest BCUT2D eigenvalue weighted by atomic mass is 32.1. The van der Waals surface area contributed by atoms with E-state index in [1.807, 2.05) is 11.4 Å². The minimum Gasteiger partial charge on any atom is -0.397 e. The van der Waals surface area contributed by atoms with Crippen LogP contribution in [0.2, 0.25) is 0 Å². The monoisotopic (exact) mass is 195 g/mol. The Balaban J connectivity index is 2.53. The normalized spacial score (nSPS) is 10.5. The third kappa shape index (κ3) is 1.25. The smallest absolute Gasteiger partial charge is 0.218 e. The summed E-state index contributed by atoms with van der Waals surface area (Å²) in [6.07, 6.45) is 0. The van der Waals surface area contributed by atoms with Gasteiger partial charge in [-0.3, -0.25) is 0 Å². The third-order valence-corrected chi connectivity index (χ3v) is 2.62. The molecule has 5 nitrogen and oxygen atoms in total. The molecule has 13 heavy (non-hydrogen) atoms. The van der Waals surface area contributed by atoms with Crippen LogP contribution < -0.4 is 11.5 Å². The molecule has 0 radical (unpaired) electrons. The maximum Gasteiger partial charge on any atom is 0.218 e. The lowest BCUT2D eigenvalue weighted by Crippen LogP contribution is -1.97. The molecule has 0 amide bonds. The molecule has 0 saturated carbocycles. The quantitative estimate of drug-likeness (QED) is 0.702. The predicted molar refractivity (Wildman–Crippen MR) is 53.1 cm³/mol. The zero-order valence-corrected chi connectivity index (χ0v) is 7.88. The fourth-order valence-corrected chi connectivity index (χ4v) is 1.74. The van der Waals surface area contributed by atoms with Gasteiger partial charge in [0.25, 0.3) is 0 Å². The standard InChI is InChI=1S/C7H9N5S/c1-12-7(9)10-6(11-12)5-4(8)2-3-13-5/h2-3H,8H2,1H3,(H2,9,10,11). The number of rotatable bonds is 1. The summed E-state index contributed by atoms with van der Waals surface area (Å²) in [7, 11) is 1.75. The average molecular weight is 195 g/mol. The van der Waals surface area contributed by atoms with Gasteiger partial charge in [0, 0.05) is 7.05 Å². The zero-order valence-electron chi connectivity index (χ0n) is 7.06. The van der Waals surface area contributed by atoms with Crippen LogP contribution in [0.3, 0.4) is 0 Å². The largest absolute Gasteiger partial charge is 0.397 e. The molecule has 68 valence electrons. The molecular formula is C7H9N5S. The zero-order chi connectivity index (χ0) is 9.42. The summed E-state index contributed by atoms with van der Waals surface area (Å²) < 4.78 is 1.52. The molecule has 0 bridgehead atoms. The van der Waals surface area contributed by atoms with Crippen LogP contribution in [0, 0.1) is 0 Å². The van der Waals surface area contributed by atoms with Gasteiger partial charge in [-0.1, -0.05) is 0 Å². The molecule has 0 aliphatic carbocycles. The first-order valence-corrected chi connectivity index (χ1v) is 4.56. The first-order valence-electron chi connectivity index (χ1n) is 3.68. The number of hydrogen-bond acceptors (Lipinski definition) is 5. The van der Waals surface area contributed by atoms with Crippen molar-refractivity contribution in [2.75, 3.05) is 11.5 Å². The van der Waals surface area contributed by atoms with Crippen molar-refractivity contribution in [3.63, 3.8) is 0 Å². The van der Waals surface area contributed by atoms with Crippen LogP contribution in [0.4, 0.5) is 11.6 Å². The van der Waals surface area contributed by atoms with Gasteiger partial charge in [-0.05, 0) is 11.4 Å². The second-order valence-electron chi connectivity index (χ2n) is 2.62. The third-order valence-electron chi connectivity index (χ3n) is 1.70. The molecule has 0 fully saturated rings. The van der Waals surface area contributed by atoms with Crippen LogP contribution in [-0.2, 0) is 7.05 Å². The van der Waals surface area contributed by atoms with Gasteiger partial charge in [0.15, 0.2) is 5.82 Å². The topological polar surface area (TPSA) is 82.8 Å². The highest BCUT2D eigenvalue weighted by Crippen LogP contribution is 2.28. The molecule has 2 aromatic heterocycles. The Morgan fingerprint density at radius 2 is 2.23 bits per heavy atom. The van der Waals surface area contributed by atoms with Gasteiger partial charge in [0.05, 0.1) is 10.6 Å². The van der Waals surface area contributed by atoms with Crippen molar-refractivity contribution in [2.45, 2.75) is 0 Å². The molecule has 0 atom stereocenters. The van der Waals surface area contributed by atoms with Crippen LogP contribution in [0.25, 0.3) is 10.7 Å². The summed E-state index contributed by atoms with van der Waals surface area (Å²) in [5.41, 5.74) is 12.0. The van der Waals surface area contributed by atoms with Crippen LogP contribution in [0.5, 0.6) is 0 Å². The number of nitrogens with two attached hydrogens (primary N) is 2. The minimum absolute atomic E-state index is 0.391. The Bertz CT molecular complexity index is 410. The molecule has 2 rings (SSSR count). The second kappa shape index (κ2) is 2.74. The summed E-state index contributed by atoms with van der Waals surface area (Å²) in [6.45, 7) is 0. The lowest BCUT2D eigenvalue weighted by molar-refractivity contribution is 0.781. The number of nitrogens with zero attached hydrogens (tertiary/aromatic N) is 3. The van der Waals surface area contributed by atoms with E-state index < -0.39 is 0 Å². The van der Waals surface area contributed by atoms with E-state index in [0.29, 0.717) is 17.5 Å². The van der Waals surface area contributed by atoms with Gasteiger partial charge < -0.3 is 11.5 Å². The van der Waals surface area contributed by atoms with E-state index in [1.54, 1.807) is 7.05 Å². The van der Waals surface area contributed by atoms with Crippen molar-refractivity contribution < 1.29 is 0 Å². The highest BCUT2D eigenvalue weighted by molar-refractivity contribution is 7.14. The van der Waals surface area contributed by atoms with E-state index in [4.69, 9.17) is 11.5 Å². The van der Waals surface area contributed by atoms with Gasteiger partial charge in [0.2, 0.25) is 5.95 Å². The van der Waals surface area contributed by atoms with E-state index in [9.17, 15) is 0 Å². The Hall–Kier alpha value is -1.56. The molecule has 2 heterocycles. The Morgan fingerprint density at radius 1 is 1.46 bits per heavy atom. The Labute approximate surface area is 79.0 Å². The average Bonchev–Trinajstić information content (AvgIpc) is 2.60. The minimum atomic E-state index is 0.391. The molecule has 2 aromatic rings. The van der Waals surface area contributed by atoms with Crippen LogP contribution in [0.15, 0.2) is 11.4 Å². The van der Waals surface area contributed by atoms with E-state index >= 15 is 0 Å². The summed E-state index contributed by atoms with van der Waals surface area (Å²) in [5, 5.41) is 6.02. The number of hydrogen-bond donors (Lipinski definition) is 2. The van der Waals surface area contributed by atoms with E-state index in [0.717, 1.165) is 4.88 Å². The van der Waals surface area contributed by atoms with Crippen molar-refractivity contribution in [1.29, 1.82) is 0 Å². The number of aromatic nitrogens is 3. The molecule has 0 aliphatic rings. The Morgan fingerprint density at radius 3 is 2.69 bits per heavy atom.